The molecule has 1 aromatic carbocycles. The van der Waals surface area contributed by atoms with Gasteiger partial charge in [0.1, 0.15) is 0 Å². The first-order valence-corrected chi connectivity index (χ1v) is 2.45. The SMILES string of the molecule is CO.[Pd].c1ccccc1. The summed E-state index contributed by atoms with van der Waals surface area (Å²) in [6.07, 6.45) is 0. The van der Waals surface area contributed by atoms with Crippen molar-refractivity contribution in [2.75, 3.05) is 7.11 Å². The summed E-state index contributed by atoms with van der Waals surface area (Å²) in [5.74, 6) is 0. The van der Waals surface area contributed by atoms with E-state index in [0.717, 1.165) is 7.11 Å². The van der Waals surface area contributed by atoms with Crippen molar-refractivity contribution < 1.29 is 25.5 Å². The Morgan fingerprint density at radius 3 is 0.889 bits per heavy atom. The fourth-order valence-corrected chi connectivity index (χ4v) is 0.385. The van der Waals surface area contributed by atoms with Crippen LogP contribution in [0, 0.1) is 0 Å². The zero-order chi connectivity index (χ0) is 6.24. The molecule has 2 heteroatoms. The smallest absolute Gasteiger partial charge is 0.0319 e. The quantitative estimate of drug-likeness (QED) is 0.648. The van der Waals surface area contributed by atoms with Crippen molar-refractivity contribution in [1.29, 1.82) is 0 Å². The zero-order valence-corrected chi connectivity index (χ0v) is 6.78. The summed E-state index contributed by atoms with van der Waals surface area (Å²) in [4.78, 5) is 0. The molecule has 1 rings (SSSR count). The predicted octanol–water partition coefficient (Wildman–Crippen LogP) is 1.29. The van der Waals surface area contributed by atoms with Crippen LogP contribution in [0.3, 0.4) is 0 Å². The van der Waals surface area contributed by atoms with Gasteiger partial charge in [0.2, 0.25) is 0 Å². The second-order valence-electron chi connectivity index (χ2n) is 1.15. The topological polar surface area (TPSA) is 20.2 Å². The molecule has 1 aromatic rings. The van der Waals surface area contributed by atoms with Crippen molar-refractivity contribution in [2.45, 2.75) is 0 Å². The number of rotatable bonds is 0. The van der Waals surface area contributed by atoms with Gasteiger partial charge >= 0.3 is 0 Å². The fraction of sp³-hybridized carbons (Fsp3) is 0.143. The Kier molecular flexibility index (Phi) is 13.9. The third-order valence-corrected chi connectivity index (χ3v) is 0.667. The predicted molar refractivity (Wildman–Crippen MR) is 34.6 cm³/mol. The summed E-state index contributed by atoms with van der Waals surface area (Å²) in [6, 6.07) is 12.0. The van der Waals surface area contributed by atoms with Crippen LogP contribution in [0.2, 0.25) is 0 Å². The summed E-state index contributed by atoms with van der Waals surface area (Å²) >= 11 is 0. The van der Waals surface area contributed by atoms with E-state index in [4.69, 9.17) is 5.11 Å². The normalized spacial score (nSPS) is 6.00. The van der Waals surface area contributed by atoms with Gasteiger partial charge in [0, 0.05) is 27.5 Å². The van der Waals surface area contributed by atoms with Crippen LogP contribution in [0.15, 0.2) is 36.4 Å². The minimum absolute atomic E-state index is 0. The molecule has 0 aliphatic rings. The van der Waals surface area contributed by atoms with Gasteiger partial charge in [0.05, 0.1) is 0 Å². The minimum atomic E-state index is 0. The molecule has 1 N–H and O–H groups in total. The van der Waals surface area contributed by atoms with Crippen LogP contribution < -0.4 is 0 Å². The van der Waals surface area contributed by atoms with Gasteiger partial charge in [-0.2, -0.15) is 0 Å². The summed E-state index contributed by atoms with van der Waals surface area (Å²) in [5, 5.41) is 7.00. The molecular weight excluding hydrogens is 206 g/mol. The molecule has 9 heavy (non-hydrogen) atoms. The average molecular weight is 217 g/mol. The van der Waals surface area contributed by atoms with E-state index < -0.39 is 0 Å². The Labute approximate surface area is 69.4 Å². The van der Waals surface area contributed by atoms with Gasteiger partial charge in [-0.25, -0.2) is 0 Å². The minimum Gasteiger partial charge on any atom is -0.400 e. The van der Waals surface area contributed by atoms with Crippen LogP contribution in [0.4, 0.5) is 0 Å². The maximum atomic E-state index is 7.00. The van der Waals surface area contributed by atoms with E-state index in [1.165, 1.54) is 0 Å². The largest absolute Gasteiger partial charge is 0.400 e. The number of aliphatic hydroxyl groups is 1. The Bertz CT molecular complexity index is 80.8. The monoisotopic (exact) mass is 216 g/mol. The first kappa shape index (κ1) is 11.6. The van der Waals surface area contributed by atoms with Crippen molar-refractivity contribution in [2.24, 2.45) is 0 Å². The van der Waals surface area contributed by atoms with Gasteiger partial charge in [-0.1, -0.05) is 36.4 Å². The van der Waals surface area contributed by atoms with Gasteiger partial charge in [-0.05, 0) is 0 Å². The van der Waals surface area contributed by atoms with E-state index in [1.807, 2.05) is 36.4 Å². The van der Waals surface area contributed by atoms with Crippen molar-refractivity contribution in [3.8, 4) is 0 Å². The number of benzene rings is 1. The van der Waals surface area contributed by atoms with Gasteiger partial charge in [-0.15, -0.1) is 0 Å². The molecule has 0 aromatic heterocycles. The van der Waals surface area contributed by atoms with E-state index >= 15 is 0 Å². The molecule has 0 saturated heterocycles. The van der Waals surface area contributed by atoms with Crippen LogP contribution in [0.25, 0.3) is 0 Å². The van der Waals surface area contributed by atoms with E-state index in [2.05, 4.69) is 0 Å². The second-order valence-corrected chi connectivity index (χ2v) is 1.15. The average Bonchev–Trinajstić information content (AvgIpc) is 1.96. The van der Waals surface area contributed by atoms with Gasteiger partial charge in [-0.3, -0.25) is 0 Å². The standard InChI is InChI=1S/C6H6.CH4O.Pd/c1-2-4-6-5-3-1;1-2;/h1-6H;2H,1H3;. The fourth-order valence-electron chi connectivity index (χ4n) is 0.385. The Balaban J connectivity index is 0. The summed E-state index contributed by atoms with van der Waals surface area (Å²) in [5.41, 5.74) is 0. The third kappa shape index (κ3) is 7.84. The number of hydrogen-bond donors (Lipinski definition) is 1. The molecule has 0 bridgehead atoms. The summed E-state index contributed by atoms with van der Waals surface area (Å²) in [7, 11) is 1.00. The third-order valence-electron chi connectivity index (χ3n) is 0.667. The maximum absolute atomic E-state index is 7.00. The van der Waals surface area contributed by atoms with Crippen molar-refractivity contribution in [3.05, 3.63) is 36.4 Å². The van der Waals surface area contributed by atoms with Crippen molar-refractivity contribution >= 4 is 0 Å². The molecule has 0 saturated carbocycles. The molecule has 0 amide bonds. The van der Waals surface area contributed by atoms with Crippen LogP contribution in [-0.2, 0) is 20.4 Å². The maximum Gasteiger partial charge on any atom is 0.0319 e. The van der Waals surface area contributed by atoms with Gasteiger partial charge in [0.15, 0.2) is 0 Å². The van der Waals surface area contributed by atoms with E-state index in [1.54, 1.807) is 0 Å². The van der Waals surface area contributed by atoms with Gasteiger partial charge < -0.3 is 5.11 Å². The molecule has 0 heterocycles. The van der Waals surface area contributed by atoms with Crippen molar-refractivity contribution in [3.63, 3.8) is 0 Å². The molecule has 0 aliphatic carbocycles. The van der Waals surface area contributed by atoms with E-state index in [-0.39, 0.29) is 20.4 Å². The zero-order valence-electron chi connectivity index (χ0n) is 5.23. The van der Waals surface area contributed by atoms with Crippen molar-refractivity contribution in [1.82, 2.24) is 0 Å². The number of hydrogen-bond acceptors (Lipinski definition) is 1. The van der Waals surface area contributed by atoms with Crippen LogP contribution in [-0.4, -0.2) is 12.2 Å². The molecule has 0 aliphatic heterocycles. The Morgan fingerprint density at radius 1 is 0.667 bits per heavy atom. The first-order valence-electron chi connectivity index (χ1n) is 2.45. The molecule has 54 valence electrons. The van der Waals surface area contributed by atoms with Crippen LogP contribution in [0.5, 0.6) is 0 Å². The summed E-state index contributed by atoms with van der Waals surface area (Å²) < 4.78 is 0. The molecule has 0 unspecified atom stereocenters. The van der Waals surface area contributed by atoms with Crippen LogP contribution in [0.1, 0.15) is 0 Å². The Morgan fingerprint density at radius 2 is 0.778 bits per heavy atom. The molecular formula is C7H10OPd. The molecule has 1 nitrogen and oxygen atoms in total. The molecule has 0 radical (unpaired) electrons. The Hall–Kier alpha value is -0.158. The molecule has 0 atom stereocenters. The first-order chi connectivity index (χ1) is 4.00. The summed E-state index contributed by atoms with van der Waals surface area (Å²) in [6.45, 7) is 0. The second kappa shape index (κ2) is 10.8. The molecule has 0 fully saturated rings. The number of aliphatic hydroxyl groups excluding tert-OH is 1. The van der Waals surface area contributed by atoms with Gasteiger partial charge in [0.25, 0.3) is 0 Å². The van der Waals surface area contributed by atoms with Crippen LogP contribution >= 0.6 is 0 Å². The molecule has 0 spiro atoms. The van der Waals surface area contributed by atoms with E-state index in [0.29, 0.717) is 0 Å². The van der Waals surface area contributed by atoms with E-state index in [9.17, 15) is 0 Å².